The number of carbonyl (C=O) groups excluding carboxylic acids is 1. The van der Waals surface area contributed by atoms with Crippen molar-refractivity contribution in [2.45, 2.75) is 43.9 Å². The van der Waals surface area contributed by atoms with Crippen molar-refractivity contribution in [1.29, 1.82) is 0 Å². The Balaban J connectivity index is 0.00000312. The van der Waals surface area contributed by atoms with Crippen LogP contribution in [0.5, 0.6) is 0 Å². The van der Waals surface area contributed by atoms with Gasteiger partial charge < -0.3 is 11.1 Å². The van der Waals surface area contributed by atoms with Gasteiger partial charge in [0.05, 0.1) is 16.2 Å². The van der Waals surface area contributed by atoms with Gasteiger partial charge in [-0.15, -0.1) is 47.9 Å². The van der Waals surface area contributed by atoms with Crippen LogP contribution in [-0.4, -0.2) is 23.0 Å². The lowest BCUT2D eigenvalue weighted by Gasteiger charge is -2.33. The standard InChI is InChI=1S/C18H25N3OS2.2ClH/c1-12(2)18(4,11-19)21-17(22)14-5-7-16(8-6-14)24-10-15-9-23-13(3)20-15;;/h5-9,12H,10-11,19H2,1-4H3,(H,21,22);2*1H. The molecule has 0 radical (unpaired) electrons. The average Bonchev–Trinajstić information content (AvgIpc) is 2.98. The Morgan fingerprint density at radius 1 is 1.31 bits per heavy atom. The summed E-state index contributed by atoms with van der Waals surface area (Å²) < 4.78 is 0. The van der Waals surface area contributed by atoms with Crippen molar-refractivity contribution in [2.75, 3.05) is 6.54 Å². The number of amides is 1. The topological polar surface area (TPSA) is 68.0 Å². The Labute approximate surface area is 176 Å². The lowest BCUT2D eigenvalue weighted by Crippen LogP contribution is -2.55. The van der Waals surface area contributed by atoms with Gasteiger partial charge in [0.2, 0.25) is 0 Å². The van der Waals surface area contributed by atoms with E-state index >= 15 is 0 Å². The Morgan fingerprint density at radius 2 is 1.92 bits per heavy atom. The van der Waals surface area contributed by atoms with Crippen molar-refractivity contribution in [3.05, 3.63) is 45.9 Å². The van der Waals surface area contributed by atoms with E-state index in [4.69, 9.17) is 5.73 Å². The largest absolute Gasteiger partial charge is 0.345 e. The van der Waals surface area contributed by atoms with E-state index in [2.05, 4.69) is 29.5 Å². The summed E-state index contributed by atoms with van der Waals surface area (Å²) in [7, 11) is 0. The van der Waals surface area contributed by atoms with Crippen LogP contribution >= 0.6 is 47.9 Å². The molecule has 1 heterocycles. The molecule has 0 aliphatic heterocycles. The highest BCUT2D eigenvalue weighted by Crippen LogP contribution is 2.24. The van der Waals surface area contributed by atoms with Crippen molar-refractivity contribution in [3.63, 3.8) is 0 Å². The molecule has 1 atom stereocenters. The van der Waals surface area contributed by atoms with E-state index in [-0.39, 0.29) is 36.6 Å². The molecule has 0 aliphatic carbocycles. The zero-order chi connectivity index (χ0) is 17.7. The molecule has 8 heteroatoms. The summed E-state index contributed by atoms with van der Waals surface area (Å²) in [4.78, 5) is 18.0. The molecule has 1 amide bonds. The Kier molecular flexibility index (Phi) is 10.8. The molecule has 4 nitrogen and oxygen atoms in total. The normalized spacial score (nSPS) is 12.7. The average molecular weight is 436 g/mol. The summed E-state index contributed by atoms with van der Waals surface area (Å²) in [6.07, 6.45) is 0. The lowest BCUT2D eigenvalue weighted by molar-refractivity contribution is 0.0883. The van der Waals surface area contributed by atoms with Crippen LogP contribution in [0.2, 0.25) is 0 Å². The highest BCUT2D eigenvalue weighted by atomic mass is 35.5. The van der Waals surface area contributed by atoms with Crippen molar-refractivity contribution in [2.24, 2.45) is 11.7 Å². The van der Waals surface area contributed by atoms with E-state index < -0.39 is 5.54 Å². The van der Waals surface area contributed by atoms with Crippen molar-refractivity contribution in [1.82, 2.24) is 10.3 Å². The van der Waals surface area contributed by atoms with Crippen LogP contribution in [0.15, 0.2) is 34.5 Å². The Bertz CT molecular complexity index is 692. The quantitative estimate of drug-likeness (QED) is 0.618. The molecule has 0 saturated heterocycles. The molecule has 0 saturated carbocycles. The number of benzene rings is 1. The molecule has 3 N–H and O–H groups in total. The number of nitrogens with one attached hydrogen (secondary N) is 1. The molecule has 0 fully saturated rings. The van der Waals surface area contributed by atoms with E-state index in [0.717, 1.165) is 21.3 Å². The third-order valence-corrected chi connectivity index (χ3v) is 6.14. The Hall–Kier alpha value is -0.790. The van der Waals surface area contributed by atoms with Crippen molar-refractivity contribution >= 4 is 53.8 Å². The van der Waals surface area contributed by atoms with Crippen LogP contribution in [0.1, 0.15) is 41.8 Å². The lowest BCUT2D eigenvalue weighted by atomic mass is 9.88. The molecule has 1 aromatic carbocycles. The molecule has 0 aliphatic rings. The van der Waals surface area contributed by atoms with Gasteiger partial charge in [0.15, 0.2) is 0 Å². The first kappa shape index (κ1) is 25.2. The number of rotatable bonds is 7. The zero-order valence-corrected chi connectivity index (χ0v) is 18.7. The number of carbonyl (C=O) groups is 1. The summed E-state index contributed by atoms with van der Waals surface area (Å²) in [5.74, 6) is 1.03. The smallest absolute Gasteiger partial charge is 0.251 e. The van der Waals surface area contributed by atoms with Gasteiger partial charge in [-0.05, 0) is 44.0 Å². The second-order valence-electron chi connectivity index (χ2n) is 6.40. The number of aryl methyl sites for hydroxylation is 1. The van der Waals surface area contributed by atoms with Gasteiger partial charge in [-0.1, -0.05) is 13.8 Å². The maximum absolute atomic E-state index is 12.4. The van der Waals surface area contributed by atoms with Crippen LogP contribution in [0.4, 0.5) is 0 Å². The number of halogens is 2. The van der Waals surface area contributed by atoms with E-state index in [1.165, 1.54) is 0 Å². The fourth-order valence-corrected chi connectivity index (χ4v) is 3.61. The van der Waals surface area contributed by atoms with E-state index in [1.807, 2.05) is 38.1 Å². The molecular weight excluding hydrogens is 409 g/mol. The van der Waals surface area contributed by atoms with Gasteiger partial charge in [0.25, 0.3) is 5.91 Å². The molecular formula is C18H27Cl2N3OS2. The van der Waals surface area contributed by atoms with E-state index in [9.17, 15) is 4.79 Å². The molecule has 1 aromatic heterocycles. The number of nitrogens with two attached hydrogens (primary N) is 1. The highest BCUT2D eigenvalue weighted by Gasteiger charge is 2.28. The summed E-state index contributed by atoms with van der Waals surface area (Å²) >= 11 is 3.39. The van der Waals surface area contributed by atoms with Crippen LogP contribution in [0, 0.1) is 12.8 Å². The van der Waals surface area contributed by atoms with Crippen LogP contribution in [0.25, 0.3) is 0 Å². The van der Waals surface area contributed by atoms with E-state index in [0.29, 0.717) is 12.1 Å². The molecule has 0 spiro atoms. The Morgan fingerprint density at radius 3 is 2.38 bits per heavy atom. The van der Waals surface area contributed by atoms with Gasteiger partial charge in [-0.25, -0.2) is 4.98 Å². The predicted molar refractivity (Wildman–Crippen MR) is 117 cm³/mol. The summed E-state index contributed by atoms with van der Waals surface area (Å²) in [5, 5.41) is 6.24. The van der Waals surface area contributed by atoms with Gasteiger partial charge in [0, 0.05) is 28.1 Å². The number of nitrogens with zero attached hydrogens (tertiary/aromatic N) is 1. The number of hydrogen-bond donors (Lipinski definition) is 2. The third-order valence-electron chi connectivity index (χ3n) is 4.27. The number of hydrogen-bond acceptors (Lipinski definition) is 5. The first-order valence-electron chi connectivity index (χ1n) is 8.00. The van der Waals surface area contributed by atoms with Gasteiger partial charge in [-0.2, -0.15) is 0 Å². The first-order chi connectivity index (χ1) is 11.3. The first-order valence-corrected chi connectivity index (χ1v) is 9.87. The van der Waals surface area contributed by atoms with Crippen molar-refractivity contribution < 1.29 is 4.79 Å². The van der Waals surface area contributed by atoms with E-state index in [1.54, 1.807) is 23.1 Å². The van der Waals surface area contributed by atoms with Crippen LogP contribution < -0.4 is 11.1 Å². The molecule has 26 heavy (non-hydrogen) atoms. The summed E-state index contributed by atoms with van der Waals surface area (Å²) in [6.45, 7) is 8.53. The highest BCUT2D eigenvalue weighted by molar-refractivity contribution is 7.98. The minimum Gasteiger partial charge on any atom is -0.345 e. The second-order valence-corrected chi connectivity index (χ2v) is 8.51. The molecule has 2 aromatic rings. The van der Waals surface area contributed by atoms with Gasteiger partial charge in [0.1, 0.15) is 0 Å². The molecule has 146 valence electrons. The monoisotopic (exact) mass is 435 g/mol. The molecule has 1 unspecified atom stereocenters. The van der Waals surface area contributed by atoms with Crippen LogP contribution in [0.3, 0.4) is 0 Å². The third kappa shape index (κ3) is 6.74. The maximum Gasteiger partial charge on any atom is 0.251 e. The van der Waals surface area contributed by atoms with Gasteiger partial charge >= 0.3 is 0 Å². The van der Waals surface area contributed by atoms with Crippen molar-refractivity contribution in [3.8, 4) is 0 Å². The number of thiazole rings is 1. The van der Waals surface area contributed by atoms with Crippen LogP contribution in [-0.2, 0) is 5.75 Å². The zero-order valence-electron chi connectivity index (χ0n) is 15.4. The SMILES string of the molecule is Cc1nc(CSc2ccc(C(=O)NC(C)(CN)C(C)C)cc2)cs1.Cl.Cl. The fourth-order valence-electron chi connectivity index (χ4n) is 2.10. The predicted octanol–water partition coefficient (Wildman–Crippen LogP) is 4.69. The second kappa shape index (κ2) is 11.1. The summed E-state index contributed by atoms with van der Waals surface area (Å²) in [5.41, 5.74) is 7.19. The number of aromatic nitrogens is 1. The number of thioether (sulfide) groups is 1. The van der Waals surface area contributed by atoms with Gasteiger partial charge in [-0.3, -0.25) is 4.79 Å². The minimum atomic E-state index is -0.396. The fraction of sp³-hybridized carbons (Fsp3) is 0.444. The minimum absolute atomic E-state index is 0. The summed E-state index contributed by atoms with van der Waals surface area (Å²) in [6, 6.07) is 7.68. The maximum atomic E-state index is 12.4. The molecule has 0 bridgehead atoms. The molecule has 2 rings (SSSR count).